The van der Waals surface area contributed by atoms with E-state index in [0.717, 1.165) is 24.2 Å². The minimum absolute atomic E-state index is 0.0177. The smallest absolute Gasteiger partial charge is 0.270 e. The van der Waals surface area contributed by atoms with Gasteiger partial charge in [0.25, 0.3) is 5.91 Å². The minimum Gasteiger partial charge on any atom is -0.497 e. The molecular weight excluding hydrogens is 330 g/mol. The van der Waals surface area contributed by atoms with Crippen molar-refractivity contribution in [2.45, 2.75) is 51.1 Å². The molecule has 0 N–H and O–H groups in total. The third-order valence-electron chi connectivity index (χ3n) is 5.88. The van der Waals surface area contributed by atoms with Gasteiger partial charge in [0.2, 0.25) is 5.91 Å². The molecule has 1 saturated carbocycles. The normalized spacial score (nSPS) is 26.1. The summed E-state index contributed by atoms with van der Waals surface area (Å²) in [6, 6.07) is 7.82. The van der Waals surface area contributed by atoms with Gasteiger partial charge in [-0.1, -0.05) is 31.4 Å². The highest BCUT2D eigenvalue weighted by atomic mass is 16.5. The predicted molar refractivity (Wildman–Crippen MR) is 97.8 cm³/mol. The summed E-state index contributed by atoms with van der Waals surface area (Å²) < 4.78 is 5.23. The lowest BCUT2D eigenvalue weighted by atomic mass is 9.91. The first-order valence-electron chi connectivity index (χ1n) is 9.43. The van der Waals surface area contributed by atoms with E-state index in [-0.39, 0.29) is 23.8 Å². The zero-order chi connectivity index (χ0) is 18.3. The molecule has 0 radical (unpaired) electrons. The minimum atomic E-state index is -0.217. The number of fused-ring (bicyclic) bond motifs is 1. The molecule has 6 nitrogen and oxygen atoms in total. The van der Waals surface area contributed by atoms with Crippen LogP contribution in [0.5, 0.6) is 5.75 Å². The molecule has 1 aromatic rings. The zero-order valence-electron chi connectivity index (χ0n) is 15.4. The molecule has 2 fully saturated rings. The van der Waals surface area contributed by atoms with Gasteiger partial charge < -0.3 is 9.64 Å². The van der Waals surface area contributed by atoms with Crippen molar-refractivity contribution in [3.63, 3.8) is 0 Å². The van der Waals surface area contributed by atoms with Gasteiger partial charge in [-0.2, -0.15) is 5.10 Å². The summed E-state index contributed by atoms with van der Waals surface area (Å²) in [7, 11) is 1.63. The Labute approximate surface area is 153 Å². The van der Waals surface area contributed by atoms with E-state index in [9.17, 15) is 9.59 Å². The Balaban J connectivity index is 1.64. The first-order chi connectivity index (χ1) is 12.6. The van der Waals surface area contributed by atoms with E-state index in [2.05, 4.69) is 5.10 Å². The van der Waals surface area contributed by atoms with Gasteiger partial charge in [-0.05, 0) is 30.5 Å². The van der Waals surface area contributed by atoms with Crippen molar-refractivity contribution in [3.8, 4) is 5.75 Å². The van der Waals surface area contributed by atoms with Gasteiger partial charge >= 0.3 is 0 Å². The van der Waals surface area contributed by atoms with Crippen LogP contribution in [0, 0.1) is 5.92 Å². The maximum Gasteiger partial charge on any atom is 0.270 e. The Kier molecular flexibility index (Phi) is 4.42. The van der Waals surface area contributed by atoms with E-state index in [0.29, 0.717) is 18.3 Å². The molecule has 3 aliphatic rings. The fourth-order valence-electron chi connectivity index (χ4n) is 4.55. The Morgan fingerprint density at radius 2 is 1.85 bits per heavy atom. The number of amides is 2. The molecule has 2 heterocycles. The van der Waals surface area contributed by atoms with E-state index in [4.69, 9.17) is 4.74 Å². The van der Waals surface area contributed by atoms with Crippen LogP contribution in [0.25, 0.3) is 0 Å². The molecule has 26 heavy (non-hydrogen) atoms. The highest BCUT2D eigenvalue weighted by molar-refractivity contribution is 6.42. The topological polar surface area (TPSA) is 62.2 Å². The number of likely N-dealkylation sites (tertiary alicyclic amines) is 1. The molecule has 0 bridgehead atoms. The molecule has 2 aliphatic heterocycles. The van der Waals surface area contributed by atoms with Crippen molar-refractivity contribution in [3.05, 3.63) is 29.8 Å². The molecule has 2 amide bonds. The van der Waals surface area contributed by atoms with Crippen LogP contribution in [-0.4, -0.2) is 47.1 Å². The maximum absolute atomic E-state index is 13.0. The number of rotatable bonds is 3. The van der Waals surface area contributed by atoms with Crippen molar-refractivity contribution >= 4 is 17.5 Å². The summed E-state index contributed by atoms with van der Waals surface area (Å²) >= 11 is 0. The number of nitrogens with zero attached hydrogens (tertiary/aromatic N) is 3. The van der Waals surface area contributed by atoms with Gasteiger partial charge in [-0.3, -0.25) is 9.59 Å². The number of carbonyl (C=O) groups excluding carboxylic acids is 2. The molecule has 138 valence electrons. The average Bonchev–Trinajstić information content (AvgIpc) is 3.20. The largest absolute Gasteiger partial charge is 0.497 e. The summed E-state index contributed by atoms with van der Waals surface area (Å²) in [5, 5.41) is 5.94. The van der Waals surface area contributed by atoms with E-state index in [1.54, 1.807) is 7.11 Å². The lowest BCUT2D eigenvalue weighted by Gasteiger charge is -2.32. The van der Waals surface area contributed by atoms with Crippen LogP contribution in [0.1, 0.15) is 50.6 Å². The van der Waals surface area contributed by atoms with Gasteiger partial charge in [0.15, 0.2) is 0 Å². The second-order valence-electron chi connectivity index (χ2n) is 7.42. The van der Waals surface area contributed by atoms with Crippen molar-refractivity contribution in [1.29, 1.82) is 0 Å². The van der Waals surface area contributed by atoms with Crippen LogP contribution in [0.3, 0.4) is 0 Å². The fourth-order valence-corrected chi connectivity index (χ4v) is 4.55. The van der Waals surface area contributed by atoms with E-state index in [1.165, 1.54) is 31.2 Å². The third-order valence-corrected chi connectivity index (χ3v) is 5.88. The highest BCUT2D eigenvalue weighted by Crippen LogP contribution is 2.41. The molecule has 0 spiro atoms. The summed E-state index contributed by atoms with van der Waals surface area (Å²) in [5.41, 5.74) is 1.54. The number of carbonyl (C=O) groups is 2. The lowest BCUT2D eigenvalue weighted by Crippen LogP contribution is -2.40. The molecule has 4 rings (SSSR count). The van der Waals surface area contributed by atoms with Crippen molar-refractivity contribution in [1.82, 2.24) is 9.91 Å². The molecule has 1 saturated heterocycles. The molecule has 6 heteroatoms. The quantitative estimate of drug-likeness (QED) is 0.837. The zero-order valence-corrected chi connectivity index (χ0v) is 15.4. The number of methoxy groups -OCH3 is 1. The number of hydrazone groups is 1. The van der Waals surface area contributed by atoms with Gasteiger partial charge in [-0.15, -0.1) is 0 Å². The second kappa shape index (κ2) is 6.74. The van der Waals surface area contributed by atoms with Crippen LogP contribution in [-0.2, 0) is 9.59 Å². The van der Waals surface area contributed by atoms with Crippen LogP contribution < -0.4 is 4.74 Å². The van der Waals surface area contributed by atoms with Gasteiger partial charge in [0.05, 0.1) is 19.1 Å². The average molecular weight is 355 g/mol. The summed E-state index contributed by atoms with van der Waals surface area (Å²) in [6.45, 7) is 2.16. The Hall–Kier alpha value is -2.37. The van der Waals surface area contributed by atoms with Crippen LogP contribution >= 0.6 is 0 Å². The lowest BCUT2D eigenvalue weighted by molar-refractivity contribution is -0.131. The summed E-state index contributed by atoms with van der Waals surface area (Å²) in [4.78, 5) is 27.1. The van der Waals surface area contributed by atoms with E-state index in [1.807, 2.05) is 29.2 Å². The van der Waals surface area contributed by atoms with Gasteiger partial charge in [0, 0.05) is 19.5 Å². The molecule has 1 aromatic carbocycles. The number of hydrogen-bond acceptors (Lipinski definition) is 4. The van der Waals surface area contributed by atoms with Gasteiger partial charge in [0.1, 0.15) is 11.5 Å². The SMILES string of the molecule is COc1ccc([C@H]2[C@@H]3CN(C4CCCCC4)C(=O)C3=NN2C(C)=O)cc1. The van der Waals surface area contributed by atoms with E-state index < -0.39 is 0 Å². The summed E-state index contributed by atoms with van der Waals surface area (Å²) in [6.07, 6.45) is 5.79. The van der Waals surface area contributed by atoms with E-state index >= 15 is 0 Å². The predicted octanol–water partition coefficient (Wildman–Crippen LogP) is 2.75. The van der Waals surface area contributed by atoms with Crippen LogP contribution in [0.2, 0.25) is 0 Å². The molecule has 0 aromatic heterocycles. The second-order valence-corrected chi connectivity index (χ2v) is 7.42. The van der Waals surface area contributed by atoms with Crippen LogP contribution in [0.4, 0.5) is 0 Å². The molecule has 1 aliphatic carbocycles. The van der Waals surface area contributed by atoms with Crippen LogP contribution in [0.15, 0.2) is 29.4 Å². The monoisotopic (exact) mass is 355 g/mol. The standard InChI is InChI=1S/C20H25N3O3/c1-13(24)23-19(14-8-10-16(26-2)11-9-14)17-12-22(20(25)18(17)21-23)15-6-4-3-5-7-15/h8-11,15,17,19H,3-7,12H2,1-2H3/t17-,19+/m1/s1. The Morgan fingerprint density at radius 1 is 1.15 bits per heavy atom. The first-order valence-corrected chi connectivity index (χ1v) is 9.43. The Bertz CT molecular complexity index is 737. The van der Waals surface area contributed by atoms with Crippen molar-refractivity contribution in [2.24, 2.45) is 11.0 Å². The number of hydrogen-bond donors (Lipinski definition) is 0. The molecule has 2 atom stereocenters. The van der Waals surface area contributed by atoms with Gasteiger partial charge in [-0.25, -0.2) is 5.01 Å². The number of ether oxygens (including phenoxy) is 1. The fraction of sp³-hybridized carbons (Fsp3) is 0.550. The molecule has 0 unspecified atom stereocenters. The third kappa shape index (κ3) is 2.77. The van der Waals surface area contributed by atoms with Crippen molar-refractivity contribution in [2.75, 3.05) is 13.7 Å². The summed E-state index contributed by atoms with van der Waals surface area (Å²) in [5.74, 6) is 0.601. The first kappa shape index (κ1) is 17.1. The van der Waals surface area contributed by atoms with Crippen molar-refractivity contribution < 1.29 is 14.3 Å². The maximum atomic E-state index is 13.0. The number of benzene rings is 1. The molecular formula is C20H25N3O3. The Morgan fingerprint density at radius 3 is 2.46 bits per heavy atom. The highest BCUT2D eigenvalue weighted by Gasteiger charge is 2.51.